The molecule has 0 saturated carbocycles. The van der Waals surface area contributed by atoms with Gasteiger partial charge < -0.3 is 14.2 Å². The molecule has 0 radical (unpaired) electrons. The largest absolute Gasteiger partial charge is 0.471 e. The zero-order valence-electron chi connectivity index (χ0n) is 10.4. The van der Waals surface area contributed by atoms with Crippen molar-refractivity contribution in [3.63, 3.8) is 0 Å². The topological polar surface area (TPSA) is 44.8 Å². The van der Waals surface area contributed by atoms with E-state index < -0.39 is 11.8 Å². The highest BCUT2D eigenvalue weighted by Crippen LogP contribution is 2.14. The third-order valence-corrected chi connectivity index (χ3v) is 1.65. The summed E-state index contributed by atoms with van der Waals surface area (Å²) in [6, 6.07) is 0. The molecule has 0 aliphatic rings. The predicted octanol–water partition coefficient (Wildman–Crippen LogP) is 2.41. The van der Waals surface area contributed by atoms with E-state index in [4.69, 9.17) is 14.2 Å². The summed E-state index contributed by atoms with van der Waals surface area (Å²) in [4.78, 5) is 11.1. The lowest BCUT2D eigenvalue weighted by Gasteiger charge is -2.28. The molecule has 1 atom stereocenters. The van der Waals surface area contributed by atoms with Crippen molar-refractivity contribution in [2.24, 2.45) is 0 Å². The summed E-state index contributed by atoms with van der Waals surface area (Å²) in [6.07, 6.45) is 1.05. The van der Waals surface area contributed by atoms with E-state index in [-0.39, 0.29) is 12.7 Å². The number of hydrogen-bond acceptors (Lipinski definition) is 4. The van der Waals surface area contributed by atoms with E-state index in [0.717, 1.165) is 0 Å². The van der Waals surface area contributed by atoms with Crippen molar-refractivity contribution in [2.75, 3.05) is 6.61 Å². The Morgan fingerprint density at radius 3 is 2.50 bits per heavy atom. The Balaban J connectivity index is 3.99. The highest BCUT2D eigenvalue weighted by molar-refractivity contribution is 5.86. The Morgan fingerprint density at radius 2 is 2.06 bits per heavy atom. The van der Waals surface area contributed by atoms with Gasteiger partial charge in [-0.15, -0.1) is 0 Å². The van der Waals surface area contributed by atoms with Gasteiger partial charge in [0, 0.05) is 19.4 Å². The van der Waals surface area contributed by atoms with Gasteiger partial charge in [-0.2, -0.15) is 0 Å². The zero-order chi connectivity index (χ0) is 12.8. The molecule has 16 heavy (non-hydrogen) atoms. The van der Waals surface area contributed by atoms with Gasteiger partial charge in [0.15, 0.2) is 0 Å². The lowest BCUT2D eigenvalue weighted by Crippen LogP contribution is -2.33. The lowest BCUT2D eigenvalue weighted by atomic mass is 10.3. The minimum atomic E-state index is -0.781. The molecule has 0 aliphatic heterocycles. The molecule has 0 saturated heterocycles. The molecule has 0 fully saturated rings. The van der Waals surface area contributed by atoms with Crippen LogP contribution in [0.25, 0.3) is 0 Å². The van der Waals surface area contributed by atoms with Crippen molar-refractivity contribution in [1.82, 2.24) is 0 Å². The highest BCUT2D eigenvalue weighted by atomic mass is 16.7. The normalized spacial score (nSPS) is 12.8. The Bertz CT molecular complexity index is 268. The molecule has 4 heteroatoms. The van der Waals surface area contributed by atoms with Gasteiger partial charge in [-0.1, -0.05) is 13.2 Å². The average Bonchev–Trinajstić information content (AvgIpc) is 2.12. The number of ether oxygens (including phenoxy) is 3. The molecule has 0 aromatic heterocycles. The minimum absolute atomic E-state index is 0.162. The second-order valence-corrected chi connectivity index (χ2v) is 3.99. The summed E-state index contributed by atoms with van der Waals surface area (Å²) in [5, 5.41) is 0. The maximum atomic E-state index is 11.1. The van der Waals surface area contributed by atoms with Crippen LogP contribution in [-0.4, -0.2) is 24.5 Å². The first-order valence-corrected chi connectivity index (χ1v) is 5.07. The Kier molecular flexibility index (Phi) is 5.82. The van der Waals surface area contributed by atoms with E-state index in [9.17, 15) is 4.79 Å². The van der Waals surface area contributed by atoms with Gasteiger partial charge in [0.05, 0.1) is 12.4 Å². The molecule has 92 valence electrons. The van der Waals surface area contributed by atoms with Gasteiger partial charge in [-0.3, -0.25) is 0 Å². The van der Waals surface area contributed by atoms with Crippen molar-refractivity contribution >= 4 is 5.97 Å². The third kappa shape index (κ3) is 6.24. The van der Waals surface area contributed by atoms with Crippen molar-refractivity contribution < 1.29 is 19.0 Å². The summed E-state index contributed by atoms with van der Waals surface area (Å²) in [5.41, 5.74) is 0.369. The average molecular weight is 228 g/mol. The summed E-state index contributed by atoms with van der Waals surface area (Å²) in [7, 11) is 0. The van der Waals surface area contributed by atoms with Gasteiger partial charge in [0.1, 0.15) is 6.61 Å². The molecular weight excluding hydrogens is 208 g/mol. The Hall–Kier alpha value is -1.29. The van der Waals surface area contributed by atoms with Crippen LogP contribution >= 0.6 is 0 Å². The van der Waals surface area contributed by atoms with E-state index in [1.807, 2.05) is 0 Å². The van der Waals surface area contributed by atoms with Gasteiger partial charge in [-0.05, 0) is 13.8 Å². The fraction of sp³-hybridized carbons (Fsp3) is 0.583. The van der Waals surface area contributed by atoms with Crippen LogP contribution in [0.4, 0.5) is 0 Å². The van der Waals surface area contributed by atoms with Crippen molar-refractivity contribution in [3.05, 3.63) is 25.0 Å². The zero-order valence-corrected chi connectivity index (χ0v) is 10.4. The number of rotatable bonds is 7. The van der Waals surface area contributed by atoms with E-state index in [0.29, 0.717) is 5.57 Å². The first kappa shape index (κ1) is 14.7. The fourth-order valence-corrected chi connectivity index (χ4v) is 1.06. The molecule has 4 nitrogen and oxygen atoms in total. The standard InChI is InChI=1S/C12H20O4/c1-7-15-12(5,6)16-10(4)8-14-11(13)9(2)3/h7,10H,1-2,8H2,3-6H3. The van der Waals surface area contributed by atoms with E-state index >= 15 is 0 Å². The van der Waals surface area contributed by atoms with Crippen molar-refractivity contribution in [2.45, 2.75) is 39.6 Å². The second-order valence-electron chi connectivity index (χ2n) is 3.99. The van der Waals surface area contributed by atoms with E-state index in [1.54, 1.807) is 27.7 Å². The first-order valence-electron chi connectivity index (χ1n) is 5.07. The third-order valence-electron chi connectivity index (χ3n) is 1.65. The highest BCUT2D eigenvalue weighted by Gasteiger charge is 2.22. The molecule has 0 aromatic carbocycles. The summed E-state index contributed by atoms with van der Waals surface area (Å²) in [5.74, 6) is -1.20. The van der Waals surface area contributed by atoms with Crippen LogP contribution in [0.2, 0.25) is 0 Å². The molecule has 0 heterocycles. The van der Waals surface area contributed by atoms with Crippen LogP contribution in [0.3, 0.4) is 0 Å². The van der Waals surface area contributed by atoms with Crippen molar-refractivity contribution in [3.8, 4) is 0 Å². The van der Waals surface area contributed by atoms with Gasteiger partial charge in [0.25, 0.3) is 0 Å². The smallest absolute Gasteiger partial charge is 0.333 e. The second kappa shape index (κ2) is 6.33. The van der Waals surface area contributed by atoms with Crippen LogP contribution < -0.4 is 0 Å². The summed E-state index contributed by atoms with van der Waals surface area (Å²) in [6.45, 7) is 14.0. The van der Waals surface area contributed by atoms with Crippen LogP contribution in [0.5, 0.6) is 0 Å². The number of esters is 1. The van der Waals surface area contributed by atoms with Gasteiger partial charge >= 0.3 is 5.97 Å². The Morgan fingerprint density at radius 1 is 1.50 bits per heavy atom. The molecule has 0 aromatic rings. The minimum Gasteiger partial charge on any atom is -0.471 e. The van der Waals surface area contributed by atoms with Gasteiger partial charge in [-0.25, -0.2) is 4.79 Å². The predicted molar refractivity (Wildman–Crippen MR) is 61.7 cm³/mol. The molecule has 0 spiro atoms. The fourth-order valence-electron chi connectivity index (χ4n) is 1.06. The number of carbonyl (C=O) groups is 1. The number of hydrogen-bond donors (Lipinski definition) is 0. The maximum absolute atomic E-state index is 11.1. The van der Waals surface area contributed by atoms with Crippen molar-refractivity contribution in [1.29, 1.82) is 0 Å². The Labute approximate surface area is 96.9 Å². The maximum Gasteiger partial charge on any atom is 0.333 e. The first-order chi connectivity index (χ1) is 7.28. The van der Waals surface area contributed by atoms with Crippen LogP contribution in [0, 0.1) is 0 Å². The molecule has 0 N–H and O–H groups in total. The molecule has 0 bridgehead atoms. The lowest BCUT2D eigenvalue weighted by molar-refractivity contribution is -0.214. The monoisotopic (exact) mass is 228 g/mol. The van der Waals surface area contributed by atoms with Crippen LogP contribution in [0.1, 0.15) is 27.7 Å². The molecule has 0 aliphatic carbocycles. The van der Waals surface area contributed by atoms with Gasteiger partial charge in [0.2, 0.25) is 5.79 Å². The molecule has 0 rings (SSSR count). The SMILES string of the molecule is C=COC(C)(C)OC(C)COC(=O)C(=C)C. The van der Waals surface area contributed by atoms with Crippen LogP contribution in [0.15, 0.2) is 25.0 Å². The van der Waals surface area contributed by atoms with E-state index in [2.05, 4.69) is 13.2 Å². The molecule has 1 unspecified atom stereocenters. The number of carbonyl (C=O) groups excluding carboxylic acids is 1. The quantitative estimate of drug-likeness (QED) is 0.290. The van der Waals surface area contributed by atoms with E-state index in [1.165, 1.54) is 6.26 Å². The van der Waals surface area contributed by atoms with Crippen LogP contribution in [-0.2, 0) is 19.0 Å². The molecule has 0 amide bonds. The summed E-state index contributed by atoms with van der Waals surface area (Å²) < 4.78 is 15.6. The molecular formula is C12H20O4. The summed E-state index contributed by atoms with van der Waals surface area (Å²) >= 11 is 0.